The van der Waals surface area contributed by atoms with Gasteiger partial charge in [-0.1, -0.05) is 17.7 Å². The topological polar surface area (TPSA) is 123 Å². The molecule has 0 spiro atoms. The molecule has 1 amide bonds. The first kappa shape index (κ1) is 19.7. The zero-order valence-electron chi connectivity index (χ0n) is 15.1. The van der Waals surface area contributed by atoms with E-state index in [1.165, 1.54) is 19.4 Å². The van der Waals surface area contributed by atoms with Gasteiger partial charge in [-0.15, -0.1) is 0 Å². The van der Waals surface area contributed by atoms with Crippen LogP contribution in [0.15, 0.2) is 35.4 Å². The second-order valence-electron chi connectivity index (χ2n) is 5.70. The number of hydrogen-bond donors (Lipinski definition) is 2. The van der Waals surface area contributed by atoms with Crippen LogP contribution >= 0.6 is 0 Å². The number of hydrogen-bond acceptors (Lipinski definition) is 7. The lowest BCUT2D eigenvalue weighted by Crippen LogP contribution is -2.24. The highest BCUT2D eigenvalue weighted by Crippen LogP contribution is 2.36. The van der Waals surface area contributed by atoms with Gasteiger partial charge in [0.2, 0.25) is 5.75 Å². The van der Waals surface area contributed by atoms with Gasteiger partial charge in [-0.2, -0.15) is 5.10 Å². The lowest BCUT2D eigenvalue weighted by Gasteiger charge is -2.08. The number of nitro benzene ring substituents is 1. The van der Waals surface area contributed by atoms with Gasteiger partial charge >= 0.3 is 5.69 Å². The van der Waals surface area contributed by atoms with Crippen molar-refractivity contribution in [1.29, 1.82) is 0 Å². The van der Waals surface area contributed by atoms with Gasteiger partial charge in [0.1, 0.15) is 5.75 Å². The highest BCUT2D eigenvalue weighted by Gasteiger charge is 2.19. The fourth-order valence-corrected chi connectivity index (χ4v) is 2.30. The van der Waals surface area contributed by atoms with E-state index in [1.807, 2.05) is 26.0 Å². The number of benzene rings is 2. The number of amides is 1. The molecule has 2 aromatic carbocycles. The molecule has 0 saturated carbocycles. The molecule has 0 atom stereocenters. The summed E-state index contributed by atoms with van der Waals surface area (Å²) in [5.74, 6) is -0.550. The predicted molar refractivity (Wildman–Crippen MR) is 98.5 cm³/mol. The molecule has 0 aliphatic heterocycles. The van der Waals surface area contributed by atoms with Crippen molar-refractivity contribution in [2.45, 2.75) is 13.8 Å². The molecule has 0 radical (unpaired) electrons. The minimum atomic E-state index is -0.745. The van der Waals surface area contributed by atoms with Crippen molar-refractivity contribution in [2.24, 2.45) is 5.10 Å². The Morgan fingerprint density at radius 1 is 1.30 bits per heavy atom. The molecule has 0 saturated heterocycles. The monoisotopic (exact) mass is 373 g/mol. The molecule has 9 heteroatoms. The summed E-state index contributed by atoms with van der Waals surface area (Å²) in [6, 6.07) is 8.06. The average Bonchev–Trinajstić information content (AvgIpc) is 2.61. The maximum Gasteiger partial charge on any atom is 0.315 e. The zero-order chi connectivity index (χ0) is 20.0. The van der Waals surface area contributed by atoms with Crippen LogP contribution in [0, 0.1) is 24.0 Å². The molecule has 0 bridgehead atoms. The van der Waals surface area contributed by atoms with E-state index in [4.69, 9.17) is 9.47 Å². The normalized spacial score (nSPS) is 10.6. The predicted octanol–water partition coefficient (Wildman–Crippen LogP) is 2.45. The summed E-state index contributed by atoms with van der Waals surface area (Å²) in [6.45, 7) is 3.60. The summed E-state index contributed by atoms with van der Waals surface area (Å²) < 4.78 is 10.3. The number of nitrogens with one attached hydrogen (secondary N) is 1. The fraction of sp³-hybridized carbons (Fsp3) is 0.222. The lowest BCUT2D eigenvalue weighted by atomic mass is 10.1. The first-order valence-corrected chi connectivity index (χ1v) is 7.89. The highest BCUT2D eigenvalue weighted by molar-refractivity contribution is 5.85. The number of methoxy groups -OCH3 is 1. The summed E-state index contributed by atoms with van der Waals surface area (Å²) in [5.41, 5.74) is 4.01. The number of carbonyl (C=O) groups excluding carboxylic acids is 1. The molecular formula is C18H19N3O6. The number of carbonyl (C=O) groups is 1. The Labute approximate surface area is 155 Å². The molecule has 0 aliphatic carbocycles. The van der Waals surface area contributed by atoms with Crippen LogP contribution in [-0.2, 0) is 4.79 Å². The Morgan fingerprint density at radius 3 is 2.67 bits per heavy atom. The second-order valence-corrected chi connectivity index (χ2v) is 5.70. The maximum atomic E-state index is 11.8. The number of phenols is 1. The van der Waals surface area contributed by atoms with Gasteiger partial charge in [0.25, 0.3) is 5.91 Å². The van der Waals surface area contributed by atoms with E-state index in [-0.39, 0.29) is 17.9 Å². The van der Waals surface area contributed by atoms with E-state index in [9.17, 15) is 20.0 Å². The smallest absolute Gasteiger partial charge is 0.315 e. The third kappa shape index (κ3) is 5.18. The quantitative estimate of drug-likeness (QED) is 0.436. The molecule has 0 fully saturated rings. The molecule has 0 unspecified atom stereocenters. The molecule has 142 valence electrons. The van der Waals surface area contributed by atoms with Crippen molar-refractivity contribution in [3.05, 3.63) is 57.1 Å². The average molecular weight is 373 g/mol. The Hall–Kier alpha value is -3.62. The van der Waals surface area contributed by atoms with Crippen LogP contribution in [-0.4, -0.2) is 35.9 Å². The molecule has 27 heavy (non-hydrogen) atoms. The van der Waals surface area contributed by atoms with Crippen molar-refractivity contribution in [3.63, 3.8) is 0 Å². The standard InChI is InChI=1S/C18H19N3O6/c1-11-4-5-15(12(2)6-11)27-10-17(22)20-19-9-13-7-14(21(24)25)18(23)16(8-13)26-3/h4-9,23H,10H2,1-3H3,(H,20,22)/b19-9-. The number of hydrazone groups is 1. The van der Waals surface area contributed by atoms with Crippen molar-refractivity contribution in [1.82, 2.24) is 5.43 Å². The summed E-state index contributed by atoms with van der Waals surface area (Å²) in [7, 11) is 1.27. The second kappa shape index (κ2) is 8.65. The largest absolute Gasteiger partial charge is 0.500 e. The minimum absolute atomic E-state index is 0.0739. The van der Waals surface area contributed by atoms with Crippen molar-refractivity contribution < 1.29 is 24.3 Å². The first-order chi connectivity index (χ1) is 12.8. The summed E-state index contributed by atoms with van der Waals surface area (Å²) in [4.78, 5) is 22.0. The summed E-state index contributed by atoms with van der Waals surface area (Å²) >= 11 is 0. The molecule has 2 rings (SSSR count). The third-order valence-corrected chi connectivity index (χ3v) is 3.59. The van der Waals surface area contributed by atoms with Gasteiger partial charge in [-0.3, -0.25) is 14.9 Å². The third-order valence-electron chi connectivity index (χ3n) is 3.59. The van der Waals surface area contributed by atoms with E-state index in [0.29, 0.717) is 5.75 Å². The molecule has 2 aromatic rings. The summed E-state index contributed by atoms with van der Waals surface area (Å²) in [5, 5.41) is 24.4. The van der Waals surface area contributed by atoms with E-state index >= 15 is 0 Å². The molecule has 2 N–H and O–H groups in total. The van der Waals surface area contributed by atoms with Gasteiger partial charge in [0.05, 0.1) is 18.2 Å². The van der Waals surface area contributed by atoms with Crippen LogP contribution in [0.25, 0.3) is 0 Å². The fourth-order valence-electron chi connectivity index (χ4n) is 2.30. The van der Waals surface area contributed by atoms with Crippen LogP contribution in [0.5, 0.6) is 17.2 Å². The SMILES string of the molecule is COc1cc(/C=N\NC(=O)COc2ccc(C)cc2C)cc([N+](=O)[O-])c1O. The number of aryl methyl sites for hydroxylation is 2. The first-order valence-electron chi connectivity index (χ1n) is 7.89. The van der Waals surface area contributed by atoms with Crippen LogP contribution in [0.1, 0.15) is 16.7 Å². The minimum Gasteiger partial charge on any atom is -0.500 e. The number of nitro groups is 1. The Balaban J connectivity index is 1.99. The highest BCUT2D eigenvalue weighted by atomic mass is 16.6. The van der Waals surface area contributed by atoms with Crippen LogP contribution in [0.3, 0.4) is 0 Å². The lowest BCUT2D eigenvalue weighted by molar-refractivity contribution is -0.386. The van der Waals surface area contributed by atoms with E-state index < -0.39 is 22.3 Å². The number of rotatable bonds is 7. The van der Waals surface area contributed by atoms with Crippen LogP contribution in [0.4, 0.5) is 5.69 Å². The van der Waals surface area contributed by atoms with E-state index in [2.05, 4.69) is 10.5 Å². The molecule has 9 nitrogen and oxygen atoms in total. The molecule has 0 heterocycles. The zero-order valence-corrected chi connectivity index (χ0v) is 15.1. The number of nitrogens with zero attached hydrogens (tertiary/aromatic N) is 2. The van der Waals surface area contributed by atoms with Crippen molar-refractivity contribution in [2.75, 3.05) is 13.7 Å². The maximum absolute atomic E-state index is 11.8. The van der Waals surface area contributed by atoms with E-state index in [1.54, 1.807) is 6.07 Å². The number of aromatic hydroxyl groups is 1. The number of ether oxygens (including phenoxy) is 2. The van der Waals surface area contributed by atoms with Gasteiger partial charge in [0.15, 0.2) is 12.4 Å². The van der Waals surface area contributed by atoms with Gasteiger partial charge in [-0.05, 0) is 31.5 Å². The Bertz CT molecular complexity index is 895. The van der Waals surface area contributed by atoms with Crippen LogP contribution < -0.4 is 14.9 Å². The van der Waals surface area contributed by atoms with Gasteiger partial charge in [-0.25, -0.2) is 5.43 Å². The Morgan fingerprint density at radius 2 is 2.04 bits per heavy atom. The Kier molecular flexibility index (Phi) is 6.32. The van der Waals surface area contributed by atoms with Crippen molar-refractivity contribution in [3.8, 4) is 17.2 Å². The van der Waals surface area contributed by atoms with Crippen molar-refractivity contribution >= 4 is 17.8 Å². The van der Waals surface area contributed by atoms with Gasteiger partial charge < -0.3 is 14.6 Å². The molecular weight excluding hydrogens is 354 g/mol. The van der Waals surface area contributed by atoms with Crippen LogP contribution in [0.2, 0.25) is 0 Å². The van der Waals surface area contributed by atoms with E-state index in [0.717, 1.165) is 17.2 Å². The molecule has 0 aliphatic rings. The molecule has 0 aromatic heterocycles. The van der Waals surface area contributed by atoms with Gasteiger partial charge in [0, 0.05) is 11.6 Å². The number of phenolic OH excluding ortho intramolecular Hbond substituents is 1. The summed E-state index contributed by atoms with van der Waals surface area (Å²) in [6.07, 6.45) is 1.20.